The van der Waals surface area contributed by atoms with Crippen LogP contribution in [0.1, 0.15) is 70.3 Å². The summed E-state index contributed by atoms with van der Waals surface area (Å²) in [5, 5.41) is 3.51. The standard InChI is InChI=1S/C33H38ClF2N5O5/c1-32(2,3)45-29(43)21-15-25-22(14-24(21)36)26-27(28(42)39(25)7)41(16-18-13-19(35)10-11-23(18)34)30(38-26)40-12-8-9-20(17-40)37-31(44)46-33(4,5)6/h10-11,13-15,20H,8-9,12,16-17H2,1-7H3,(H,37,44)/t20-/m1/s1. The number of carbonyl (C=O) groups is 2. The maximum atomic E-state index is 15.6. The number of rotatable bonds is 5. The average molecular weight is 658 g/mol. The van der Waals surface area contributed by atoms with Crippen molar-refractivity contribution < 1.29 is 27.8 Å². The van der Waals surface area contributed by atoms with Gasteiger partial charge in [-0.3, -0.25) is 4.79 Å². The molecule has 4 aromatic rings. The van der Waals surface area contributed by atoms with Gasteiger partial charge in [0.1, 0.15) is 33.9 Å². The molecule has 0 saturated carbocycles. The van der Waals surface area contributed by atoms with Gasteiger partial charge in [-0.25, -0.2) is 23.4 Å². The summed E-state index contributed by atoms with van der Waals surface area (Å²) < 4.78 is 43.7. The highest BCUT2D eigenvalue weighted by molar-refractivity contribution is 6.31. The largest absolute Gasteiger partial charge is 0.456 e. The molecule has 1 fully saturated rings. The summed E-state index contributed by atoms with van der Waals surface area (Å²) in [6.45, 7) is 11.2. The van der Waals surface area contributed by atoms with Crippen molar-refractivity contribution >= 4 is 51.5 Å². The van der Waals surface area contributed by atoms with Gasteiger partial charge in [0.05, 0.1) is 17.6 Å². The number of pyridine rings is 1. The SMILES string of the molecule is Cn1c(=O)c2c(nc(N3CCC[C@@H](NC(=O)OC(C)(C)C)C3)n2Cc2cc(F)ccc2Cl)c2cc(F)c(C(=O)OC(C)(C)C)cc21. The van der Waals surface area contributed by atoms with Gasteiger partial charge >= 0.3 is 12.1 Å². The molecule has 1 aliphatic heterocycles. The van der Waals surface area contributed by atoms with E-state index in [0.717, 1.165) is 0 Å². The first-order valence-electron chi connectivity index (χ1n) is 15.1. The van der Waals surface area contributed by atoms with E-state index in [2.05, 4.69) is 5.32 Å². The average Bonchev–Trinajstić information content (AvgIpc) is 3.31. The summed E-state index contributed by atoms with van der Waals surface area (Å²) in [7, 11) is 1.52. The van der Waals surface area contributed by atoms with Crippen LogP contribution < -0.4 is 15.8 Å². The third-order valence-corrected chi connectivity index (χ3v) is 7.91. The summed E-state index contributed by atoms with van der Waals surface area (Å²) in [4.78, 5) is 46.2. The number of ether oxygens (including phenoxy) is 2. The number of carbonyl (C=O) groups excluding carboxylic acids is 2. The van der Waals surface area contributed by atoms with Gasteiger partial charge < -0.3 is 28.8 Å². The molecule has 5 rings (SSSR count). The number of imidazole rings is 1. The van der Waals surface area contributed by atoms with Gasteiger partial charge in [-0.05, 0) is 90.3 Å². The molecule has 0 spiro atoms. The first kappa shape index (κ1) is 33.2. The highest BCUT2D eigenvalue weighted by Gasteiger charge is 2.30. The molecule has 0 aliphatic carbocycles. The van der Waals surface area contributed by atoms with Crippen LogP contribution in [0.4, 0.5) is 19.5 Å². The third kappa shape index (κ3) is 6.96. The minimum absolute atomic E-state index is 0.0116. The van der Waals surface area contributed by atoms with Crippen molar-refractivity contribution in [3.63, 3.8) is 0 Å². The highest BCUT2D eigenvalue weighted by Crippen LogP contribution is 2.32. The van der Waals surface area contributed by atoms with Crippen LogP contribution in [0, 0.1) is 11.6 Å². The van der Waals surface area contributed by atoms with Gasteiger partial charge in [-0.2, -0.15) is 0 Å². The summed E-state index contributed by atoms with van der Waals surface area (Å²) in [6, 6.07) is 6.16. The van der Waals surface area contributed by atoms with E-state index in [9.17, 15) is 18.8 Å². The number of hydrogen-bond acceptors (Lipinski definition) is 7. The fraction of sp³-hybridized carbons (Fsp3) is 0.455. The smallest absolute Gasteiger partial charge is 0.407 e. The quantitative estimate of drug-likeness (QED) is 0.251. The molecule has 1 atom stereocenters. The number of amides is 1. The predicted molar refractivity (Wildman–Crippen MR) is 173 cm³/mol. The highest BCUT2D eigenvalue weighted by atomic mass is 35.5. The molecular formula is C33H38ClF2N5O5. The predicted octanol–water partition coefficient (Wildman–Crippen LogP) is 6.32. The number of fused-ring (bicyclic) bond motifs is 3. The van der Waals surface area contributed by atoms with Gasteiger partial charge in [0, 0.05) is 36.6 Å². The molecule has 246 valence electrons. The van der Waals surface area contributed by atoms with Crippen LogP contribution in [0.15, 0.2) is 35.1 Å². The molecule has 0 bridgehead atoms. The lowest BCUT2D eigenvalue weighted by molar-refractivity contribution is 0.00645. The molecule has 2 aromatic heterocycles. The molecular weight excluding hydrogens is 620 g/mol. The Morgan fingerprint density at radius 1 is 1.07 bits per heavy atom. The maximum absolute atomic E-state index is 15.6. The number of hydrogen-bond donors (Lipinski definition) is 1. The summed E-state index contributed by atoms with van der Waals surface area (Å²) in [6.07, 6.45) is 0.835. The fourth-order valence-electron chi connectivity index (χ4n) is 5.61. The molecule has 46 heavy (non-hydrogen) atoms. The molecule has 0 radical (unpaired) electrons. The Kier molecular flexibility index (Phi) is 8.80. The Hall–Kier alpha value is -4.19. The molecule has 13 heteroatoms. The van der Waals surface area contributed by atoms with Gasteiger partial charge in [0.15, 0.2) is 0 Å². The molecule has 1 saturated heterocycles. The number of benzene rings is 2. The first-order chi connectivity index (χ1) is 21.4. The number of aromatic nitrogens is 3. The lowest BCUT2D eigenvalue weighted by Crippen LogP contribution is -2.49. The zero-order valence-corrected chi connectivity index (χ0v) is 27.7. The molecule has 1 amide bonds. The molecule has 0 unspecified atom stereocenters. The number of nitrogens with one attached hydrogen (secondary N) is 1. The molecule has 3 heterocycles. The van der Waals surface area contributed by atoms with E-state index in [0.29, 0.717) is 47.9 Å². The van der Waals surface area contributed by atoms with Crippen molar-refractivity contribution in [3.8, 4) is 0 Å². The van der Waals surface area contributed by atoms with Crippen LogP contribution in [0.5, 0.6) is 0 Å². The topological polar surface area (TPSA) is 108 Å². The van der Waals surface area contributed by atoms with Crippen LogP contribution in [-0.2, 0) is 23.1 Å². The lowest BCUT2D eigenvalue weighted by Gasteiger charge is -2.34. The van der Waals surface area contributed by atoms with E-state index in [1.165, 1.54) is 41.9 Å². The number of aryl methyl sites for hydroxylation is 1. The van der Waals surface area contributed by atoms with Crippen molar-refractivity contribution in [1.29, 1.82) is 0 Å². The minimum atomic E-state index is -0.858. The van der Waals surface area contributed by atoms with Gasteiger partial charge in [0.2, 0.25) is 5.95 Å². The zero-order valence-electron chi connectivity index (χ0n) is 27.0. The van der Waals surface area contributed by atoms with Gasteiger partial charge in [-0.15, -0.1) is 0 Å². The van der Waals surface area contributed by atoms with Crippen LogP contribution in [0.25, 0.3) is 21.9 Å². The molecule has 2 aromatic carbocycles. The second-order valence-electron chi connectivity index (χ2n) is 13.6. The zero-order chi connectivity index (χ0) is 33.7. The second-order valence-corrected chi connectivity index (χ2v) is 14.0. The van der Waals surface area contributed by atoms with Crippen LogP contribution in [-0.4, -0.2) is 56.5 Å². The van der Waals surface area contributed by atoms with E-state index in [4.69, 9.17) is 26.1 Å². The number of anilines is 1. The van der Waals surface area contributed by atoms with E-state index >= 15 is 4.39 Å². The van der Waals surface area contributed by atoms with E-state index < -0.39 is 40.5 Å². The summed E-state index contributed by atoms with van der Waals surface area (Å²) >= 11 is 6.46. The third-order valence-electron chi connectivity index (χ3n) is 7.54. The minimum Gasteiger partial charge on any atom is -0.456 e. The normalized spacial score (nSPS) is 15.8. The van der Waals surface area contributed by atoms with Crippen molar-refractivity contribution in [2.75, 3.05) is 18.0 Å². The fourth-order valence-corrected chi connectivity index (χ4v) is 5.79. The summed E-state index contributed by atoms with van der Waals surface area (Å²) in [5.41, 5.74) is -1.25. The monoisotopic (exact) mass is 657 g/mol. The summed E-state index contributed by atoms with van der Waals surface area (Å²) in [5.74, 6) is -1.82. The maximum Gasteiger partial charge on any atom is 0.407 e. The van der Waals surface area contributed by atoms with E-state index in [1.807, 2.05) is 4.90 Å². The van der Waals surface area contributed by atoms with E-state index in [-0.39, 0.29) is 34.7 Å². The number of nitrogens with zero attached hydrogens (tertiary/aromatic N) is 4. The van der Waals surface area contributed by atoms with Crippen LogP contribution in [0.2, 0.25) is 5.02 Å². The first-order valence-corrected chi connectivity index (χ1v) is 15.4. The lowest BCUT2D eigenvalue weighted by atomic mass is 10.1. The number of piperidine rings is 1. The van der Waals surface area contributed by atoms with E-state index in [1.54, 1.807) is 46.1 Å². The van der Waals surface area contributed by atoms with Crippen molar-refractivity contribution in [2.45, 2.75) is 78.2 Å². The van der Waals surface area contributed by atoms with Gasteiger partial charge in [0.25, 0.3) is 5.56 Å². The van der Waals surface area contributed by atoms with Crippen molar-refractivity contribution in [3.05, 3.63) is 68.5 Å². The van der Waals surface area contributed by atoms with Crippen molar-refractivity contribution in [2.24, 2.45) is 7.05 Å². The molecule has 1 aliphatic rings. The molecule has 10 nitrogen and oxygen atoms in total. The Balaban J connectivity index is 1.67. The van der Waals surface area contributed by atoms with Crippen LogP contribution in [0.3, 0.4) is 0 Å². The number of alkyl carbamates (subject to hydrolysis) is 1. The number of halogens is 3. The Morgan fingerprint density at radius 2 is 1.76 bits per heavy atom. The Bertz CT molecular complexity index is 1910. The van der Waals surface area contributed by atoms with Gasteiger partial charge in [-0.1, -0.05) is 11.6 Å². The molecule has 1 N–H and O–H groups in total. The second kappa shape index (κ2) is 12.2. The van der Waals surface area contributed by atoms with Crippen LogP contribution >= 0.6 is 11.6 Å². The number of esters is 1. The Labute approximate surface area is 270 Å². The Morgan fingerprint density at radius 3 is 2.43 bits per heavy atom. The van der Waals surface area contributed by atoms with Crippen molar-refractivity contribution in [1.82, 2.24) is 19.4 Å².